The van der Waals surface area contributed by atoms with Gasteiger partial charge in [0.05, 0.1) is 22.9 Å². The fourth-order valence-electron chi connectivity index (χ4n) is 3.17. The monoisotopic (exact) mass is 336 g/mol. The Hall–Kier alpha value is -1.73. The maximum absolute atomic E-state index is 12.5. The molecule has 0 spiro atoms. The molecule has 3 rings (SSSR count). The minimum Gasteiger partial charge on any atom is -0.270 e. The molecule has 2 aliphatic heterocycles. The third kappa shape index (κ3) is 2.79. The van der Waals surface area contributed by atoms with Gasteiger partial charge in [0.15, 0.2) is 0 Å². The van der Waals surface area contributed by atoms with E-state index in [9.17, 15) is 18.0 Å². The van der Waals surface area contributed by atoms with Crippen LogP contribution in [0.4, 0.5) is 0 Å². The molecule has 0 aromatic heterocycles. The van der Waals surface area contributed by atoms with Crippen molar-refractivity contribution < 1.29 is 18.0 Å². The molecule has 0 bridgehead atoms. The van der Waals surface area contributed by atoms with Crippen LogP contribution in [0.5, 0.6) is 0 Å². The van der Waals surface area contributed by atoms with Crippen LogP contribution in [-0.4, -0.2) is 54.3 Å². The number of carbonyl (C=O) groups excluding carboxylic acids is 2. The van der Waals surface area contributed by atoms with E-state index in [0.717, 1.165) is 6.42 Å². The summed E-state index contributed by atoms with van der Waals surface area (Å²) in [6.07, 6.45) is 1.93. The van der Waals surface area contributed by atoms with Crippen molar-refractivity contribution in [1.82, 2.24) is 9.21 Å². The Morgan fingerprint density at radius 1 is 1.13 bits per heavy atom. The molecule has 6 nitrogen and oxygen atoms in total. The molecule has 124 valence electrons. The minimum atomic E-state index is -3.30. The molecule has 1 saturated heterocycles. The lowest BCUT2D eigenvalue weighted by molar-refractivity contribution is 0.0593. The molecule has 23 heavy (non-hydrogen) atoms. The third-order valence-corrected chi connectivity index (χ3v) is 6.39. The smallest absolute Gasteiger partial charge is 0.261 e. The highest BCUT2D eigenvalue weighted by molar-refractivity contribution is 7.89. The Labute approximate surface area is 136 Å². The summed E-state index contributed by atoms with van der Waals surface area (Å²) in [5.74, 6) is -0.509. The number of carbonyl (C=O) groups is 2. The van der Waals surface area contributed by atoms with Gasteiger partial charge in [-0.05, 0) is 25.0 Å². The second-order valence-electron chi connectivity index (χ2n) is 6.00. The molecule has 2 heterocycles. The van der Waals surface area contributed by atoms with Crippen LogP contribution < -0.4 is 0 Å². The van der Waals surface area contributed by atoms with Gasteiger partial charge in [-0.2, -0.15) is 4.31 Å². The Morgan fingerprint density at radius 3 is 2.30 bits per heavy atom. The Kier molecular flexibility index (Phi) is 4.25. The van der Waals surface area contributed by atoms with Gasteiger partial charge < -0.3 is 0 Å². The van der Waals surface area contributed by atoms with Gasteiger partial charge in [-0.15, -0.1) is 0 Å². The van der Waals surface area contributed by atoms with Crippen LogP contribution in [0.3, 0.4) is 0 Å². The standard InChI is InChI=1S/C16H20N2O4S/c1-2-3-10-23(21,22)17-9-8-12(11-17)18-15(19)13-6-4-5-7-14(13)16(18)20/h4-7,12H,2-3,8-11H2,1H3. The fourth-order valence-corrected chi connectivity index (χ4v) is 4.86. The van der Waals surface area contributed by atoms with Gasteiger partial charge in [-0.3, -0.25) is 14.5 Å². The first-order chi connectivity index (χ1) is 11.0. The average Bonchev–Trinajstić information content (AvgIpc) is 3.11. The molecular formula is C16H20N2O4S. The quantitative estimate of drug-likeness (QED) is 0.764. The summed E-state index contributed by atoms with van der Waals surface area (Å²) in [5.41, 5.74) is 0.814. The van der Waals surface area contributed by atoms with Crippen LogP contribution in [-0.2, 0) is 10.0 Å². The molecule has 0 radical (unpaired) electrons. The van der Waals surface area contributed by atoms with Crippen molar-refractivity contribution in [3.05, 3.63) is 35.4 Å². The number of nitrogens with zero attached hydrogens (tertiary/aromatic N) is 2. The van der Waals surface area contributed by atoms with Crippen LogP contribution in [0, 0.1) is 0 Å². The summed E-state index contributed by atoms with van der Waals surface area (Å²) in [6, 6.07) is 6.35. The number of amides is 2. The number of fused-ring (bicyclic) bond motifs is 1. The number of unbranched alkanes of at least 4 members (excludes halogenated alkanes) is 1. The average molecular weight is 336 g/mol. The normalized spacial score (nSPS) is 22.0. The first-order valence-corrected chi connectivity index (χ1v) is 9.51. The summed E-state index contributed by atoms with van der Waals surface area (Å²) < 4.78 is 26.0. The van der Waals surface area contributed by atoms with Crippen molar-refractivity contribution in [3.63, 3.8) is 0 Å². The first-order valence-electron chi connectivity index (χ1n) is 7.90. The molecule has 1 fully saturated rings. The van der Waals surface area contributed by atoms with E-state index in [2.05, 4.69) is 0 Å². The van der Waals surface area contributed by atoms with Crippen molar-refractivity contribution in [2.75, 3.05) is 18.8 Å². The van der Waals surface area contributed by atoms with Crippen LogP contribution in [0.2, 0.25) is 0 Å². The van der Waals surface area contributed by atoms with Gasteiger partial charge in [0, 0.05) is 13.1 Å². The van der Waals surface area contributed by atoms with E-state index < -0.39 is 10.0 Å². The van der Waals surface area contributed by atoms with Gasteiger partial charge in [0.1, 0.15) is 0 Å². The Bertz CT molecular complexity index is 709. The minimum absolute atomic E-state index is 0.123. The fraction of sp³-hybridized carbons (Fsp3) is 0.500. The van der Waals surface area contributed by atoms with Gasteiger partial charge in [0.2, 0.25) is 10.0 Å². The van der Waals surface area contributed by atoms with E-state index in [0.29, 0.717) is 30.5 Å². The number of sulfonamides is 1. The first kappa shape index (κ1) is 16.1. The van der Waals surface area contributed by atoms with E-state index in [1.54, 1.807) is 24.3 Å². The van der Waals surface area contributed by atoms with E-state index in [1.165, 1.54) is 9.21 Å². The van der Waals surface area contributed by atoms with Crippen LogP contribution >= 0.6 is 0 Å². The van der Waals surface area contributed by atoms with E-state index in [1.807, 2.05) is 6.92 Å². The number of hydrogen-bond acceptors (Lipinski definition) is 4. The summed E-state index contributed by atoms with van der Waals surface area (Å²) in [6.45, 7) is 2.52. The van der Waals surface area contributed by atoms with Crippen LogP contribution in [0.1, 0.15) is 46.9 Å². The lowest BCUT2D eigenvalue weighted by Crippen LogP contribution is -2.42. The number of rotatable bonds is 5. The third-order valence-electron chi connectivity index (χ3n) is 4.47. The van der Waals surface area contributed by atoms with Crippen LogP contribution in [0.25, 0.3) is 0 Å². The summed E-state index contributed by atoms with van der Waals surface area (Å²) >= 11 is 0. The van der Waals surface area contributed by atoms with Crippen molar-refractivity contribution >= 4 is 21.8 Å². The Morgan fingerprint density at radius 2 is 1.74 bits per heavy atom. The van der Waals surface area contributed by atoms with Crippen molar-refractivity contribution in [3.8, 4) is 0 Å². The van der Waals surface area contributed by atoms with Gasteiger partial charge in [-0.1, -0.05) is 25.5 Å². The van der Waals surface area contributed by atoms with Gasteiger partial charge in [-0.25, -0.2) is 8.42 Å². The molecule has 0 N–H and O–H groups in total. The highest BCUT2D eigenvalue weighted by Gasteiger charge is 2.43. The second kappa shape index (κ2) is 6.05. The molecule has 2 amide bonds. The van der Waals surface area contributed by atoms with Crippen molar-refractivity contribution in [1.29, 1.82) is 0 Å². The Balaban J connectivity index is 1.76. The summed E-state index contributed by atoms with van der Waals surface area (Å²) in [4.78, 5) is 26.2. The topological polar surface area (TPSA) is 74.8 Å². The number of hydrogen-bond donors (Lipinski definition) is 0. The highest BCUT2D eigenvalue weighted by Crippen LogP contribution is 2.29. The van der Waals surface area contributed by atoms with Gasteiger partial charge in [0.25, 0.3) is 11.8 Å². The zero-order chi connectivity index (χ0) is 16.6. The predicted molar refractivity (Wildman–Crippen MR) is 85.6 cm³/mol. The highest BCUT2D eigenvalue weighted by atomic mass is 32.2. The lowest BCUT2D eigenvalue weighted by Gasteiger charge is -2.22. The molecule has 2 aliphatic rings. The predicted octanol–water partition coefficient (Wildman–Crippen LogP) is 1.49. The van der Waals surface area contributed by atoms with E-state index in [4.69, 9.17) is 0 Å². The lowest BCUT2D eigenvalue weighted by atomic mass is 10.1. The summed E-state index contributed by atoms with van der Waals surface area (Å²) in [5, 5.41) is 0. The van der Waals surface area contributed by atoms with E-state index in [-0.39, 0.29) is 30.2 Å². The molecule has 7 heteroatoms. The summed E-state index contributed by atoms with van der Waals surface area (Å²) in [7, 11) is -3.30. The van der Waals surface area contributed by atoms with E-state index >= 15 is 0 Å². The zero-order valence-electron chi connectivity index (χ0n) is 13.1. The van der Waals surface area contributed by atoms with Crippen LogP contribution in [0.15, 0.2) is 24.3 Å². The molecular weight excluding hydrogens is 316 g/mol. The maximum atomic E-state index is 12.5. The SMILES string of the molecule is CCCCS(=O)(=O)N1CCC(N2C(=O)c3ccccc3C2=O)C1. The largest absolute Gasteiger partial charge is 0.270 e. The van der Waals surface area contributed by atoms with Gasteiger partial charge >= 0.3 is 0 Å². The molecule has 0 aliphatic carbocycles. The molecule has 1 aromatic rings. The zero-order valence-corrected chi connectivity index (χ0v) is 13.9. The second-order valence-corrected chi connectivity index (χ2v) is 8.08. The van der Waals surface area contributed by atoms with Crippen molar-refractivity contribution in [2.45, 2.75) is 32.2 Å². The number of imide groups is 1. The molecule has 1 aromatic carbocycles. The number of benzene rings is 1. The molecule has 1 unspecified atom stereocenters. The molecule has 0 saturated carbocycles. The maximum Gasteiger partial charge on any atom is 0.261 e. The molecule has 1 atom stereocenters. The van der Waals surface area contributed by atoms with Crippen molar-refractivity contribution in [2.24, 2.45) is 0 Å².